The van der Waals surface area contributed by atoms with Crippen molar-refractivity contribution in [2.75, 3.05) is 12.4 Å². The Morgan fingerprint density at radius 1 is 1.12 bits per heavy atom. The Kier molecular flexibility index (Phi) is 6.47. The lowest BCUT2D eigenvalue weighted by molar-refractivity contribution is 0.410. The third-order valence-corrected chi connectivity index (χ3v) is 5.54. The van der Waals surface area contributed by atoms with E-state index >= 15 is 0 Å². The molecule has 4 aromatic rings. The first kappa shape index (κ1) is 21.5. The Morgan fingerprint density at radius 3 is 2.66 bits per heavy atom. The fourth-order valence-corrected chi connectivity index (χ4v) is 3.68. The second-order valence-corrected chi connectivity index (χ2v) is 7.98. The molecule has 0 radical (unpaired) electrons. The molecular formula is C25H24N4O2S. The quantitative estimate of drug-likeness (QED) is 0.422. The highest BCUT2D eigenvalue weighted by atomic mass is 32.1. The smallest absolute Gasteiger partial charge is 0.253 e. The third kappa shape index (κ3) is 5.12. The molecule has 0 unspecified atom stereocenters. The van der Waals surface area contributed by atoms with Gasteiger partial charge in [-0.05, 0) is 67.2 Å². The molecule has 0 aliphatic carbocycles. The summed E-state index contributed by atoms with van der Waals surface area (Å²) in [5.74, 6) is 0.735. The van der Waals surface area contributed by atoms with Crippen molar-refractivity contribution in [3.05, 3.63) is 100 Å². The van der Waals surface area contributed by atoms with Crippen LogP contribution in [0, 0.1) is 6.92 Å². The minimum atomic E-state index is -0.142. The Labute approximate surface area is 191 Å². The van der Waals surface area contributed by atoms with Crippen LogP contribution >= 0.6 is 12.2 Å². The molecule has 0 saturated heterocycles. The molecule has 32 heavy (non-hydrogen) atoms. The van der Waals surface area contributed by atoms with E-state index in [4.69, 9.17) is 17.0 Å². The van der Waals surface area contributed by atoms with Crippen molar-refractivity contribution in [3.8, 4) is 5.75 Å². The summed E-state index contributed by atoms with van der Waals surface area (Å²) in [6, 6.07) is 19.4. The van der Waals surface area contributed by atoms with E-state index in [9.17, 15) is 4.79 Å². The van der Waals surface area contributed by atoms with Gasteiger partial charge in [-0.3, -0.25) is 9.78 Å². The van der Waals surface area contributed by atoms with Gasteiger partial charge in [0.2, 0.25) is 0 Å². The van der Waals surface area contributed by atoms with Crippen LogP contribution in [0.25, 0.3) is 10.9 Å². The van der Waals surface area contributed by atoms with Gasteiger partial charge in [0, 0.05) is 41.1 Å². The van der Waals surface area contributed by atoms with Crippen molar-refractivity contribution in [2.24, 2.45) is 0 Å². The summed E-state index contributed by atoms with van der Waals surface area (Å²) >= 11 is 5.73. The molecule has 2 aromatic carbocycles. The van der Waals surface area contributed by atoms with Crippen molar-refractivity contribution < 1.29 is 4.74 Å². The number of H-pyrrole nitrogens is 1. The van der Waals surface area contributed by atoms with E-state index in [1.807, 2.05) is 72.5 Å². The SMILES string of the molecule is COc1ccc2[nH]c(=O)c(CN(Cc3cccnc3)C(=S)Nc3ccc(C)cc3)cc2c1. The molecule has 162 valence electrons. The van der Waals surface area contributed by atoms with Gasteiger partial charge in [-0.25, -0.2) is 0 Å². The van der Waals surface area contributed by atoms with Crippen molar-refractivity contribution in [1.29, 1.82) is 0 Å². The number of hydrogen-bond acceptors (Lipinski definition) is 4. The molecule has 0 bridgehead atoms. The molecular weight excluding hydrogens is 420 g/mol. The second-order valence-electron chi connectivity index (χ2n) is 7.59. The van der Waals surface area contributed by atoms with Crippen molar-refractivity contribution in [1.82, 2.24) is 14.9 Å². The van der Waals surface area contributed by atoms with Crippen LogP contribution in [-0.4, -0.2) is 27.1 Å². The van der Waals surface area contributed by atoms with Crippen molar-refractivity contribution in [3.63, 3.8) is 0 Å². The molecule has 2 heterocycles. The number of methoxy groups -OCH3 is 1. The van der Waals surface area contributed by atoms with Crippen LogP contribution in [-0.2, 0) is 13.1 Å². The molecule has 4 rings (SSSR count). The lowest BCUT2D eigenvalue weighted by atomic mass is 10.1. The molecule has 2 aromatic heterocycles. The van der Waals surface area contributed by atoms with Crippen LogP contribution in [0.3, 0.4) is 0 Å². The number of aryl methyl sites for hydroxylation is 1. The van der Waals surface area contributed by atoms with Gasteiger partial charge >= 0.3 is 0 Å². The van der Waals surface area contributed by atoms with Gasteiger partial charge in [0.25, 0.3) is 5.56 Å². The number of aromatic nitrogens is 2. The molecule has 2 N–H and O–H groups in total. The van der Waals surface area contributed by atoms with Gasteiger partial charge < -0.3 is 19.9 Å². The largest absolute Gasteiger partial charge is 0.497 e. The van der Waals surface area contributed by atoms with Gasteiger partial charge in [0.05, 0.1) is 13.7 Å². The Hall–Kier alpha value is -3.71. The first-order valence-electron chi connectivity index (χ1n) is 10.2. The molecule has 0 atom stereocenters. The number of ether oxygens (including phenoxy) is 1. The van der Waals surface area contributed by atoms with E-state index < -0.39 is 0 Å². The number of nitrogens with one attached hydrogen (secondary N) is 2. The Balaban J connectivity index is 1.64. The van der Waals surface area contributed by atoms with E-state index in [1.54, 1.807) is 19.5 Å². The lowest BCUT2D eigenvalue weighted by Crippen LogP contribution is -2.35. The Bertz CT molecular complexity index is 1290. The number of anilines is 1. The highest BCUT2D eigenvalue weighted by molar-refractivity contribution is 7.80. The standard InChI is InChI=1S/C25H24N4O2S/c1-17-5-7-21(8-6-17)27-25(32)29(15-18-4-3-11-26-14-18)16-20-12-19-13-22(31-2)9-10-23(19)28-24(20)30/h3-14H,15-16H2,1-2H3,(H,27,32)(H,28,30). The summed E-state index contributed by atoms with van der Waals surface area (Å²) < 4.78 is 5.33. The normalized spacial score (nSPS) is 10.7. The average molecular weight is 445 g/mol. The summed E-state index contributed by atoms with van der Waals surface area (Å²) in [6.07, 6.45) is 3.54. The van der Waals surface area contributed by atoms with Gasteiger partial charge in [-0.2, -0.15) is 0 Å². The van der Waals surface area contributed by atoms with E-state index in [0.717, 1.165) is 27.9 Å². The fraction of sp³-hybridized carbons (Fsp3) is 0.160. The number of pyridine rings is 2. The molecule has 0 amide bonds. The van der Waals surface area contributed by atoms with Crippen LogP contribution < -0.4 is 15.6 Å². The first-order chi connectivity index (χ1) is 15.5. The minimum Gasteiger partial charge on any atom is -0.497 e. The average Bonchev–Trinajstić information content (AvgIpc) is 2.81. The summed E-state index contributed by atoms with van der Waals surface area (Å²) in [7, 11) is 1.62. The zero-order valence-corrected chi connectivity index (χ0v) is 18.8. The van der Waals surface area contributed by atoms with Crippen LogP contribution in [0.2, 0.25) is 0 Å². The van der Waals surface area contributed by atoms with Crippen molar-refractivity contribution >= 4 is 33.9 Å². The molecule has 0 spiro atoms. The zero-order valence-electron chi connectivity index (χ0n) is 18.0. The van der Waals surface area contributed by atoms with Gasteiger partial charge in [-0.15, -0.1) is 0 Å². The Morgan fingerprint density at radius 2 is 1.94 bits per heavy atom. The maximum Gasteiger partial charge on any atom is 0.253 e. The number of nitrogens with zero attached hydrogens (tertiary/aromatic N) is 2. The van der Waals surface area contributed by atoms with Crippen LogP contribution in [0.4, 0.5) is 5.69 Å². The number of benzene rings is 2. The molecule has 6 nitrogen and oxygen atoms in total. The number of rotatable bonds is 6. The van der Waals surface area contributed by atoms with Gasteiger partial charge in [0.15, 0.2) is 5.11 Å². The van der Waals surface area contributed by atoms with Crippen LogP contribution in [0.1, 0.15) is 16.7 Å². The van der Waals surface area contributed by atoms with Crippen LogP contribution in [0.15, 0.2) is 77.9 Å². The molecule has 0 aliphatic heterocycles. The highest BCUT2D eigenvalue weighted by Gasteiger charge is 2.15. The number of aromatic amines is 1. The third-order valence-electron chi connectivity index (χ3n) is 5.18. The first-order valence-corrected chi connectivity index (χ1v) is 10.6. The highest BCUT2D eigenvalue weighted by Crippen LogP contribution is 2.20. The minimum absolute atomic E-state index is 0.142. The predicted octanol–water partition coefficient (Wildman–Crippen LogP) is 4.64. The zero-order chi connectivity index (χ0) is 22.5. The van der Waals surface area contributed by atoms with E-state index in [-0.39, 0.29) is 5.56 Å². The summed E-state index contributed by atoms with van der Waals surface area (Å²) in [5.41, 5.74) is 4.30. The molecule has 0 fully saturated rings. The number of hydrogen-bond donors (Lipinski definition) is 2. The molecule has 0 saturated carbocycles. The summed E-state index contributed by atoms with van der Waals surface area (Å²) in [6.45, 7) is 2.90. The maximum absolute atomic E-state index is 12.8. The fourth-order valence-electron chi connectivity index (χ4n) is 3.43. The lowest BCUT2D eigenvalue weighted by Gasteiger charge is -2.26. The van der Waals surface area contributed by atoms with E-state index in [2.05, 4.69) is 15.3 Å². The summed E-state index contributed by atoms with van der Waals surface area (Å²) in [5, 5.41) is 4.72. The topological polar surface area (TPSA) is 70.2 Å². The van der Waals surface area contributed by atoms with Crippen molar-refractivity contribution in [2.45, 2.75) is 20.0 Å². The maximum atomic E-state index is 12.8. The molecule has 7 heteroatoms. The molecule has 0 aliphatic rings. The summed E-state index contributed by atoms with van der Waals surface area (Å²) in [4.78, 5) is 21.9. The van der Waals surface area contributed by atoms with E-state index in [0.29, 0.717) is 23.8 Å². The number of thiocarbonyl (C=S) groups is 1. The van der Waals surface area contributed by atoms with Gasteiger partial charge in [0.1, 0.15) is 5.75 Å². The van der Waals surface area contributed by atoms with Crippen LogP contribution in [0.5, 0.6) is 5.75 Å². The van der Waals surface area contributed by atoms with Gasteiger partial charge in [-0.1, -0.05) is 23.8 Å². The van der Waals surface area contributed by atoms with E-state index in [1.165, 1.54) is 5.56 Å². The predicted molar refractivity (Wildman–Crippen MR) is 132 cm³/mol. The second kappa shape index (κ2) is 9.62. The monoisotopic (exact) mass is 444 g/mol. The number of fused-ring (bicyclic) bond motifs is 1.